The number of hydrogen-bond donors (Lipinski definition) is 1. The Morgan fingerprint density at radius 2 is 2.46 bits per heavy atom. The zero-order valence-electron chi connectivity index (χ0n) is 6.99. The van der Waals surface area contributed by atoms with Gasteiger partial charge in [-0.05, 0) is 0 Å². The van der Waals surface area contributed by atoms with Crippen LogP contribution in [0.25, 0.3) is 0 Å². The molecule has 0 unspecified atom stereocenters. The summed E-state index contributed by atoms with van der Waals surface area (Å²) in [6.07, 6.45) is -0.710. The molecule has 2 aliphatic rings. The van der Waals surface area contributed by atoms with E-state index >= 15 is 0 Å². The molecule has 2 rings (SSSR count). The highest BCUT2D eigenvalue weighted by Crippen LogP contribution is 2.42. The predicted octanol–water partition coefficient (Wildman–Crippen LogP) is 0.340. The number of hydrogen-bond acceptors (Lipinski definition) is 4. The number of fused-ring (bicyclic) bond motifs is 2. The molecule has 3 atom stereocenters. The van der Waals surface area contributed by atoms with Gasteiger partial charge in [0.1, 0.15) is 6.10 Å². The van der Waals surface area contributed by atoms with Crippen molar-refractivity contribution in [2.24, 2.45) is 0 Å². The minimum atomic E-state index is -0.507. The molecule has 0 radical (unpaired) electrons. The lowest BCUT2D eigenvalue weighted by atomic mass is 9.97. The summed E-state index contributed by atoms with van der Waals surface area (Å²) in [5.74, 6) is -0.383. The highest BCUT2D eigenvalue weighted by Gasteiger charge is 2.48. The number of aliphatic hydroxyl groups is 1. The molecule has 5 heteroatoms. The Hall–Kier alpha value is -0.390. The Kier molecular flexibility index (Phi) is 2.17. The summed E-state index contributed by atoms with van der Waals surface area (Å²) >= 11 is 3.24. The molecule has 0 aliphatic carbocycles. The van der Waals surface area contributed by atoms with Gasteiger partial charge in [0.15, 0.2) is 0 Å². The first-order valence-corrected chi connectivity index (χ1v) is 4.76. The Labute approximate surface area is 83.6 Å². The summed E-state index contributed by atoms with van der Waals surface area (Å²) in [6.45, 7) is 0. The van der Waals surface area contributed by atoms with Gasteiger partial charge in [-0.3, -0.25) is 0 Å². The smallest absolute Gasteiger partial charge is 0.337 e. The van der Waals surface area contributed by atoms with Crippen molar-refractivity contribution in [3.05, 3.63) is 10.1 Å². The highest BCUT2D eigenvalue weighted by atomic mass is 79.9. The van der Waals surface area contributed by atoms with E-state index in [1.54, 1.807) is 0 Å². The van der Waals surface area contributed by atoms with Gasteiger partial charge in [0.2, 0.25) is 0 Å². The first-order chi connectivity index (χ1) is 6.15. The minimum absolute atomic E-state index is 0.304. The van der Waals surface area contributed by atoms with Crippen molar-refractivity contribution in [3.8, 4) is 0 Å². The molecule has 4 nitrogen and oxygen atoms in total. The summed E-state index contributed by atoms with van der Waals surface area (Å²) < 4.78 is 10.6. The van der Waals surface area contributed by atoms with Crippen molar-refractivity contribution in [1.29, 1.82) is 0 Å². The Bertz CT molecular complexity index is 286. The second-order valence-electron chi connectivity index (χ2n) is 3.10. The molecule has 0 spiro atoms. The second-order valence-corrected chi connectivity index (χ2v) is 3.96. The van der Waals surface area contributed by atoms with Gasteiger partial charge in [-0.15, -0.1) is 0 Å². The van der Waals surface area contributed by atoms with Crippen LogP contribution in [0.5, 0.6) is 0 Å². The van der Waals surface area contributed by atoms with Crippen LogP contribution in [0.2, 0.25) is 0 Å². The van der Waals surface area contributed by atoms with Gasteiger partial charge in [0, 0.05) is 10.9 Å². The number of halogens is 1. The maximum atomic E-state index is 11.2. The number of carbonyl (C=O) groups excluding carboxylic acids is 1. The van der Waals surface area contributed by atoms with E-state index in [2.05, 4.69) is 20.7 Å². The van der Waals surface area contributed by atoms with E-state index in [1.807, 2.05) is 0 Å². The van der Waals surface area contributed by atoms with Crippen LogP contribution in [-0.4, -0.2) is 36.5 Å². The van der Waals surface area contributed by atoms with Gasteiger partial charge in [-0.1, -0.05) is 15.9 Å². The average Bonchev–Trinajstić information content (AvgIpc) is 2.59. The lowest BCUT2D eigenvalue weighted by molar-refractivity contribution is -0.137. The molecule has 1 saturated heterocycles. The molecule has 0 aromatic rings. The SMILES string of the molecule is COC(=O)C1=C(Br)[C@H]2O[C@@H]1C[C@H]2O. The van der Waals surface area contributed by atoms with E-state index in [0.717, 1.165) is 0 Å². The van der Waals surface area contributed by atoms with Gasteiger partial charge < -0.3 is 14.6 Å². The van der Waals surface area contributed by atoms with Crippen LogP contribution in [0.3, 0.4) is 0 Å². The van der Waals surface area contributed by atoms with Crippen LogP contribution < -0.4 is 0 Å². The third kappa shape index (κ3) is 1.22. The van der Waals surface area contributed by atoms with Crippen LogP contribution in [0.15, 0.2) is 10.1 Å². The van der Waals surface area contributed by atoms with Crippen LogP contribution in [0, 0.1) is 0 Å². The van der Waals surface area contributed by atoms with Crippen molar-refractivity contribution < 1.29 is 19.4 Å². The summed E-state index contributed by atoms with van der Waals surface area (Å²) in [6, 6.07) is 0. The number of aliphatic hydroxyl groups excluding tert-OH is 1. The molecule has 72 valence electrons. The zero-order chi connectivity index (χ0) is 9.59. The van der Waals surface area contributed by atoms with Gasteiger partial charge in [0.25, 0.3) is 0 Å². The van der Waals surface area contributed by atoms with Gasteiger partial charge in [-0.25, -0.2) is 4.79 Å². The van der Waals surface area contributed by atoms with E-state index in [4.69, 9.17) is 4.74 Å². The fourth-order valence-electron chi connectivity index (χ4n) is 1.73. The highest BCUT2D eigenvalue weighted by molar-refractivity contribution is 9.11. The fourth-order valence-corrected chi connectivity index (χ4v) is 2.56. The van der Waals surface area contributed by atoms with Gasteiger partial charge in [-0.2, -0.15) is 0 Å². The van der Waals surface area contributed by atoms with E-state index in [0.29, 0.717) is 16.5 Å². The number of rotatable bonds is 1. The molecule has 1 N–H and O–H groups in total. The normalized spacial score (nSPS) is 37.0. The molecule has 0 amide bonds. The van der Waals surface area contributed by atoms with Crippen LogP contribution in [0.1, 0.15) is 6.42 Å². The standard InChI is InChI=1S/C8H9BrO4/c1-12-8(11)5-4-2-3(10)7(13-4)6(5)9/h3-4,7,10H,2H2,1H3/t3-,4-,7+/m1/s1. The lowest BCUT2D eigenvalue weighted by Crippen LogP contribution is -2.25. The summed E-state index contributed by atoms with van der Waals surface area (Å²) in [4.78, 5) is 11.2. The van der Waals surface area contributed by atoms with Gasteiger partial charge >= 0.3 is 5.97 Å². The van der Waals surface area contributed by atoms with Crippen LogP contribution in [0.4, 0.5) is 0 Å². The lowest BCUT2D eigenvalue weighted by Gasteiger charge is -2.14. The Morgan fingerprint density at radius 1 is 1.77 bits per heavy atom. The predicted molar refractivity (Wildman–Crippen MR) is 47.3 cm³/mol. The monoisotopic (exact) mass is 248 g/mol. The van der Waals surface area contributed by atoms with Crippen molar-refractivity contribution >= 4 is 21.9 Å². The van der Waals surface area contributed by atoms with Crippen molar-refractivity contribution in [3.63, 3.8) is 0 Å². The van der Waals surface area contributed by atoms with Crippen LogP contribution in [-0.2, 0) is 14.3 Å². The molecule has 2 aliphatic heterocycles. The molecule has 2 heterocycles. The van der Waals surface area contributed by atoms with Crippen molar-refractivity contribution in [1.82, 2.24) is 0 Å². The first-order valence-electron chi connectivity index (χ1n) is 3.96. The minimum Gasteiger partial charge on any atom is -0.466 e. The third-order valence-electron chi connectivity index (χ3n) is 2.35. The average molecular weight is 249 g/mol. The Morgan fingerprint density at radius 3 is 2.92 bits per heavy atom. The number of esters is 1. The largest absolute Gasteiger partial charge is 0.466 e. The Balaban J connectivity index is 2.30. The van der Waals surface area contributed by atoms with E-state index in [1.165, 1.54) is 7.11 Å². The fraction of sp³-hybridized carbons (Fsp3) is 0.625. The van der Waals surface area contributed by atoms with Crippen molar-refractivity contribution in [2.45, 2.75) is 24.7 Å². The number of methoxy groups -OCH3 is 1. The number of carbonyl (C=O) groups is 1. The molecule has 0 aromatic carbocycles. The van der Waals surface area contributed by atoms with Crippen molar-refractivity contribution in [2.75, 3.05) is 7.11 Å². The third-order valence-corrected chi connectivity index (χ3v) is 3.23. The molecule has 0 saturated carbocycles. The maximum Gasteiger partial charge on any atom is 0.337 e. The molecule has 13 heavy (non-hydrogen) atoms. The van der Waals surface area contributed by atoms with Gasteiger partial charge in [0.05, 0.1) is 24.9 Å². The summed E-state index contributed by atoms with van der Waals surface area (Å²) in [5, 5.41) is 9.42. The summed E-state index contributed by atoms with van der Waals surface area (Å²) in [5.41, 5.74) is 0.512. The van der Waals surface area contributed by atoms with Crippen LogP contribution >= 0.6 is 15.9 Å². The molecule has 1 fully saturated rings. The van der Waals surface area contributed by atoms with E-state index < -0.39 is 6.10 Å². The first kappa shape index (κ1) is 9.18. The van der Waals surface area contributed by atoms with E-state index in [-0.39, 0.29) is 18.2 Å². The summed E-state index contributed by atoms with van der Waals surface area (Å²) in [7, 11) is 1.33. The molecule has 0 aromatic heterocycles. The van der Waals surface area contributed by atoms with E-state index in [9.17, 15) is 9.90 Å². The topological polar surface area (TPSA) is 55.8 Å². The molecule has 2 bridgehead atoms. The molecular weight excluding hydrogens is 240 g/mol. The maximum absolute atomic E-state index is 11.2. The molecular formula is C8H9BrO4. The zero-order valence-corrected chi connectivity index (χ0v) is 8.58. The number of ether oxygens (including phenoxy) is 2. The quantitative estimate of drug-likeness (QED) is 0.681. The second kappa shape index (κ2) is 3.08.